The first kappa shape index (κ1) is 33.5. The fourth-order valence-corrected chi connectivity index (χ4v) is 7.51. The van der Waals surface area contributed by atoms with Gasteiger partial charge in [0.25, 0.3) is 10.2 Å². The summed E-state index contributed by atoms with van der Waals surface area (Å²) in [6, 6.07) is 4.69. The third-order valence-corrected chi connectivity index (χ3v) is 10.4. The SMILES string of the molecule is CCC(Nc1cccc2c1C(=O)C(CCC1CCC(=O)NC1=O)C2=O)N(C)S(=O)(=O)N1CCC(NC(=O)OC(C)(C)C)CC1. The lowest BCUT2D eigenvalue weighted by molar-refractivity contribution is -0.136. The summed E-state index contributed by atoms with van der Waals surface area (Å²) in [5, 5.41) is 8.31. The molecule has 44 heavy (non-hydrogen) atoms. The number of fused-ring (bicyclic) bond motifs is 1. The maximum atomic E-state index is 13.6. The number of benzene rings is 1. The van der Waals surface area contributed by atoms with Crippen LogP contribution in [0.5, 0.6) is 0 Å². The summed E-state index contributed by atoms with van der Waals surface area (Å²) >= 11 is 0. The van der Waals surface area contributed by atoms with E-state index < -0.39 is 39.9 Å². The van der Waals surface area contributed by atoms with Gasteiger partial charge in [-0.15, -0.1) is 0 Å². The number of ether oxygens (including phenoxy) is 1. The fraction of sp³-hybridized carbons (Fsp3) is 0.633. The van der Waals surface area contributed by atoms with Crippen LogP contribution in [0.4, 0.5) is 10.5 Å². The van der Waals surface area contributed by atoms with Gasteiger partial charge in [0.05, 0.1) is 17.6 Å². The number of carbonyl (C=O) groups excluding carboxylic acids is 5. The number of hydrogen-bond donors (Lipinski definition) is 3. The van der Waals surface area contributed by atoms with Crippen LogP contribution in [0.2, 0.25) is 0 Å². The molecule has 3 unspecified atom stereocenters. The van der Waals surface area contributed by atoms with Crippen molar-refractivity contribution in [1.82, 2.24) is 19.2 Å². The van der Waals surface area contributed by atoms with Crippen LogP contribution >= 0.6 is 0 Å². The molecule has 242 valence electrons. The normalized spacial score (nSPS) is 22.5. The molecular formula is C30H43N5O8S. The molecule has 0 aromatic heterocycles. The third kappa shape index (κ3) is 7.46. The molecular weight excluding hydrogens is 590 g/mol. The highest BCUT2D eigenvalue weighted by atomic mass is 32.2. The summed E-state index contributed by atoms with van der Waals surface area (Å²) in [6.07, 6.45) is 1.09. The first-order chi connectivity index (χ1) is 20.6. The Labute approximate surface area is 258 Å². The second-order valence-electron chi connectivity index (χ2n) is 12.6. The van der Waals surface area contributed by atoms with Crippen molar-refractivity contribution in [1.29, 1.82) is 0 Å². The molecule has 1 aromatic rings. The molecule has 3 aliphatic rings. The van der Waals surface area contributed by atoms with Crippen molar-refractivity contribution in [3.8, 4) is 0 Å². The molecule has 0 spiro atoms. The van der Waals surface area contributed by atoms with E-state index in [1.165, 1.54) is 15.7 Å². The Morgan fingerprint density at radius 2 is 1.77 bits per heavy atom. The van der Waals surface area contributed by atoms with Gasteiger partial charge in [0.15, 0.2) is 11.6 Å². The van der Waals surface area contributed by atoms with Gasteiger partial charge in [-0.3, -0.25) is 24.5 Å². The lowest BCUT2D eigenvalue weighted by atomic mass is 9.88. The van der Waals surface area contributed by atoms with E-state index >= 15 is 0 Å². The largest absolute Gasteiger partial charge is 0.444 e. The van der Waals surface area contributed by atoms with Gasteiger partial charge >= 0.3 is 6.09 Å². The Morgan fingerprint density at radius 1 is 1.09 bits per heavy atom. The summed E-state index contributed by atoms with van der Waals surface area (Å²) in [5.41, 5.74) is 0.239. The number of Topliss-reactive ketones (excluding diaryl/α,β-unsaturated/α-hetero) is 2. The minimum atomic E-state index is -3.91. The second-order valence-corrected chi connectivity index (χ2v) is 14.6. The molecule has 13 nitrogen and oxygen atoms in total. The maximum Gasteiger partial charge on any atom is 0.407 e. The van der Waals surface area contributed by atoms with Crippen LogP contribution in [-0.2, 0) is 24.5 Å². The molecule has 2 saturated heterocycles. The summed E-state index contributed by atoms with van der Waals surface area (Å²) < 4.78 is 35.1. The highest BCUT2D eigenvalue weighted by Gasteiger charge is 2.42. The van der Waals surface area contributed by atoms with Crippen molar-refractivity contribution >= 4 is 45.4 Å². The number of nitrogens with one attached hydrogen (secondary N) is 3. The van der Waals surface area contributed by atoms with Gasteiger partial charge < -0.3 is 15.4 Å². The van der Waals surface area contributed by atoms with Crippen LogP contribution in [0.15, 0.2) is 18.2 Å². The molecule has 3 amide bonds. The number of piperidine rings is 2. The number of hydrogen-bond acceptors (Lipinski definition) is 9. The van der Waals surface area contributed by atoms with Crippen molar-refractivity contribution in [3.63, 3.8) is 0 Å². The van der Waals surface area contributed by atoms with Gasteiger partial charge in [-0.25, -0.2) is 4.79 Å². The molecule has 2 fully saturated rings. The number of amides is 3. The quantitative estimate of drug-likeness (QED) is 0.199. The second kappa shape index (κ2) is 13.3. The molecule has 0 saturated carbocycles. The highest BCUT2D eigenvalue weighted by molar-refractivity contribution is 7.86. The van der Waals surface area contributed by atoms with Crippen molar-refractivity contribution in [2.45, 2.75) is 90.4 Å². The van der Waals surface area contributed by atoms with Crippen LogP contribution in [0, 0.1) is 11.8 Å². The first-order valence-corrected chi connectivity index (χ1v) is 16.6. The summed E-state index contributed by atoms with van der Waals surface area (Å²) in [4.78, 5) is 62.5. The number of imide groups is 1. The molecule has 2 heterocycles. The number of alkyl carbamates (subject to hydrolysis) is 1. The van der Waals surface area contributed by atoms with Gasteiger partial charge in [0, 0.05) is 49.8 Å². The zero-order valence-corrected chi connectivity index (χ0v) is 26.8. The third-order valence-electron chi connectivity index (χ3n) is 8.38. The minimum Gasteiger partial charge on any atom is -0.444 e. The summed E-state index contributed by atoms with van der Waals surface area (Å²) in [6.45, 7) is 7.57. The Kier molecular flexibility index (Phi) is 10.2. The van der Waals surface area contributed by atoms with E-state index in [-0.39, 0.29) is 66.5 Å². The molecule has 14 heteroatoms. The predicted octanol–water partition coefficient (Wildman–Crippen LogP) is 2.83. The maximum absolute atomic E-state index is 13.6. The summed E-state index contributed by atoms with van der Waals surface area (Å²) in [5.74, 6) is -2.75. The van der Waals surface area contributed by atoms with E-state index in [9.17, 15) is 32.4 Å². The number of rotatable bonds is 10. The zero-order chi connectivity index (χ0) is 32.4. The van der Waals surface area contributed by atoms with E-state index in [0.717, 1.165) is 0 Å². The predicted molar refractivity (Wildman–Crippen MR) is 162 cm³/mol. The number of carbonyl (C=O) groups is 5. The summed E-state index contributed by atoms with van der Waals surface area (Å²) in [7, 11) is -2.43. The fourth-order valence-electron chi connectivity index (χ4n) is 5.95. The zero-order valence-electron chi connectivity index (χ0n) is 26.0. The van der Waals surface area contributed by atoms with Crippen molar-refractivity contribution < 1.29 is 37.1 Å². The van der Waals surface area contributed by atoms with Crippen LogP contribution in [0.3, 0.4) is 0 Å². The average Bonchev–Trinajstić information content (AvgIpc) is 3.19. The van der Waals surface area contributed by atoms with Crippen molar-refractivity contribution in [2.24, 2.45) is 11.8 Å². The molecule has 0 radical (unpaired) electrons. The van der Waals surface area contributed by atoms with Gasteiger partial charge in [-0.05, 0) is 65.4 Å². The van der Waals surface area contributed by atoms with E-state index in [0.29, 0.717) is 37.8 Å². The van der Waals surface area contributed by atoms with Crippen molar-refractivity contribution in [3.05, 3.63) is 29.3 Å². The first-order valence-electron chi connectivity index (χ1n) is 15.2. The Morgan fingerprint density at radius 3 is 2.39 bits per heavy atom. The monoisotopic (exact) mass is 633 g/mol. The molecule has 1 aromatic carbocycles. The van der Waals surface area contributed by atoms with Gasteiger partial charge in [0.1, 0.15) is 5.60 Å². The standard InChI is InChI=1S/C30H43N5O8S/c1-6-23(34(5)44(41,42)35-16-14-19(15-17-35)31-29(40)43-30(2,3)4)32-22-9-7-8-20-25(22)27(38)21(26(20)37)12-10-18-11-13-24(36)33-28(18)39/h7-9,18-19,21,23,32H,6,10-17H2,1-5H3,(H,31,40)(H,33,36,39). The lowest BCUT2D eigenvalue weighted by Gasteiger charge is -2.37. The average molecular weight is 634 g/mol. The van der Waals surface area contributed by atoms with Gasteiger partial charge in [0.2, 0.25) is 11.8 Å². The molecule has 3 N–H and O–H groups in total. The van der Waals surface area contributed by atoms with Crippen molar-refractivity contribution in [2.75, 3.05) is 25.5 Å². The Hall–Kier alpha value is -3.36. The van der Waals surface area contributed by atoms with E-state index in [2.05, 4.69) is 16.0 Å². The number of nitrogens with zero attached hydrogens (tertiary/aromatic N) is 2. The van der Waals surface area contributed by atoms with E-state index in [4.69, 9.17) is 4.74 Å². The van der Waals surface area contributed by atoms with Crippen LogP contribution in [0.25, 0.3) is 0 Å². The Bertz CT molecular complexity index is 1410. The van der Waals surface area contributed by atoms with Gasteiger partial charge in [-0.2, -0.15) is 17.0 Å². The minimum absolute atomic E-state index is 0.183. The molecule has 0 bridgehead atoms. The van der Waals surface area contributed by atoms with Crippen LogP contribution in [0.1, 0.15) is 93.4 Å². The lowest BCUT2D eigenvalue weighted by Crippen LogP contribution is -2.53. The topological polar surface area (TPSA) is 171 Å². The van der Waals surface area contributed by atoms with Crippen LogP contribution < -0.4 is 16.0 Å². The molecule has 2 aliphatic heterocycles. The van der Waals surface area contributed by atoms with Gasteiger partial charge in [-0.1, -0.05) is 19.1 Å². The smallest absolute Gasteiger partial charge is 0.407 e. The van der Waals surface area contributed by atoms with E-state index in [1.807, 2.05) is 6.92 Å². The highest BCUT2D eigenvalue weighted by Crippen LogP contribution is 2.36. The molecule has 1 aliphatic carbocycles. The number of ketones is 2. The Balaban J connectivity index is 1.40. The van der Waals surface area contributed by atoms with E-state index in [1.54, 1.807) is 39.0 Å². The molecule has 4 rings (SSSR count). The number of anilines is 1. The van der Waals surface area contributed by atoms with Crippen LogP contribution in [-0.4, -0.2) is 84.4 Å². The molecule has 3 atom stereocenters.